The molecule has 4 heteroatoms. The summed E-state index contributed by atoms with van der Waals surface area (Å²) in [6.45, 7) is 1.24. The van der Waals surface area contributed by atoms with Crippen LogP contribution in [0, 0.1) is 11.8 Å². The summed E-state index contributed by atoms with van der Waals surface area (Å²) in [4.78, 5) is 11.9. The Morgan fingerprint density at radius 1 is 1.35 bits per heavy atom. The molecule has 0 aliphatic heterocycles. The number of nitrogens with one attached hydrogen (secondary N) is 1. The lowest BCUT2D eigenvalue weighted by molar-refractivity contribution is 0.0952. The van der Waals surface area contributed by atoms with Crippen LogP contribution < -0.4 is 5.32 Å². The van der Waals surface area contributed by atoms with E-state index in [4.69, 9.17) is 9.84 Å². The topological polar surface area (TPSA) is 58.6 Å². The number of benzene rings is 1. The maximum atomic E-state index is 11.9. The van der Waals surface area contributed by atoms with Gasteiger partial charge >= 0.3 is 0 Å². The van der Waals surface area contributed by atoms with Crippen LogP contribution in [0.3, 0.4) is 0 Å². The van der Waals surface area contributed by atoms with E-state index >= 15 is 0 Å². The summed E-state index contributed by atoms with van der Waals surface area (Å²) in [5.74, 6) is 5.26. The third-order valence-electron chi connectivity index (χ3n) is 2.75. The van der Waals surface area contributed by atoms with Crippen molar-refractivity contribution < 1.29 is 14.6 Å². The highest BCUT2D eigenvalue weighted by molar-refractivity contribution is 5.94. The van der Waals surface area contributed by atoms with E-state index in [-0.39, 0.29) is 12.5 Å². The minimum Gasteiger partial charge on any atom is -0.385 e. The van der Waals surface area contributed by atoms with E-state index in [0.717, 1.165) is 31.4 Å². The van der Waals surface area contributed by atoms with Gasteiger partial charge < -0.3 is 15.2 Å². The van der Waals surface area contributed by atoms with E-state index in [1.807, 2.05) is 6.07 Å². The van der Waals surface area contributed by atoms with Crippen molar-refractivity contribution in [3.63, 3.8) is 0 Å². The van der Waals surface area contributed by atoms with Crippen molar-refractivity contribution in [1.82, 2.24) is 5.32 Å². The molecule has 0 radical (unpaired) electrons. The van der Waals surface area contributed by atoms with Gasteiger partial charge in [0.15, 0.2) is 0 Å². The van der Waals surface area contributed by atoms with Crippen LogP contribution in [0.4, 0.5) is 0 Å². The molecular formula is C16H21NO3. The lowest BCUT2D eigenvalue weighted by Gasteiger charge is -2.05. The lowest BCUT2D eigenvalue weighted by atomic mass is 10.1. The van der Waals surface area contributed by atoms with Gasteiger partial charge in [-0.25, -0.2) is 0 Å². The molecule has 108 valence electrons. The van der Waals surface area contributed by atoms with E-state index in [2.05, 4.69) is 17.2 Å². The minimum atomic E-state index is -0.183. The Labute approximate surface area is 120 Å². The Bertz CT molecular complexity index is 474. The molecule has 4 nitrogen and oxygen atoms in total. The van der Waals surface area contributed by atoms with Crippen LogP contribution in [0.15, 0.2) is 24.3 Å². The molecule has 0 fully saturated rings. The van der Waals surface area contributed by atoms with Crippen molar-refractivity contribution >= 4 is 5.91 Å². The number of aliphatic hydroxyl groups excluding tert-OH is 1. The number of ether oxygens (including phenoxy) is 1. The fourth-order valence-electron chi connectivity index (χ4n) is 1.73. The molecule has 0 bridgehead atoms. The Balaban J connectivity index is 2.39. The Hall–Kier alpha value is -1.83. The van der Waals surface area contributed by atoms with Gasteiger partial charge in [-0.1, -0.05) is 17.9 Å². The van der Waals surface area contributed by atoms with Gasteiger partial charge in [0.05, 0.1) is 0 Å². The highest BCUT2D eigenvalue weighted by Crippen LogP contribution is 2.04. The minimum absolute atomic E-state index is 0.0932. The van der Waals surface area contributed by atoms with Gasteiger partial charge in [-0.2, -0.15) is 0 Å². The molecule has 1 rings (SSSR count). The number of carbonyl (C=O) groups is 1. The highest BCUT2D eigenvalue weighted by atomic mass is 16.5. The molecule has 20 heavy (non-hydrogen) atoms. The van der Waals surface area contributed by atoms with Crippen LogP contribution in [0.1, 0.15) is 35.2 Å². The largest absolute Gasteiger partial charge is 0.385 e. The molecule has 0 unspecified atom stereocenters. The van der Waals surface area contributed by atoms with Crippen LogP contribution in [-0.2, 0) is 4.74 Å². The second-order valence-corrected chi connectivity index (χ2v) is 4.35. The van der Waals surface area contributed by atoms with Gasteiger partial charge in [0, 0.05) is 31.4 Å². The second-order valence-electron chi connectivity index (χ2n) is 4.35. The number of aliphatic hydroxyl groups is 1. The molecule has 1 aromatic rings. The summed E-state index contributed by atoms with van der Waals surface area (Å²) < 4.78 is 4.97. The van der Waals surface area contributed by atoms with E-state index in [1.54, 1.807) is 25.3 Å². The number of rotatable bonds is 7. The smallest absolute Gasteiger partial charge is 0.251 e. The van der Waals surface area contributed by atoms with Gasteiger partial charge in [0.2, 0.25) is 0 Å². The second kappa shape index (κ2) is 10.0. The first-order valence-corrected chi connectivity index (χ1v) is 6.75. The molecule has 0 aromatic heterocycles. The summed E-state index contributed by atoms with van der Waals surface area (Å²) >= 11 is 0. The summed E-state index contributed by atoms with van der Waals surface area (Å²) in [6, 6.07) is 7.08. The number of amides is 1. The molecule has 1 aromatic carbocycles. The monoisotopic (exact) mass is 275 g/mol. The van der Waals surface area contributed by atoms with Crippen LogP contribution in [0.5, 0.6) is 0 Å². The Kier molecular flexibility index (Phi) is 8.13. The SMILES string of the molecule is COCCCCCNC(=O)c1cccc(C#CCO)c1. The first-order chi connectivity index (χ1) is 9.77. The van der Waals surface area contributed by atoms with Crippen molar-refractivity contribution in [3.8, 4) is 11.8 Å². The fourth-order valence-corrected chi connectivity index (χ4v) is 1.73. The van der Waals surface area contributed by atoms with Crippen molar-refractivity contribution in [1.29, 1.82) is 0 Å². The number of carbonyl (C=O) groups excluding carboxylic acids is 1. The highest BCUT2D eigenvalue weighted by Gasteiger charge is 2.04. The number of hydrogen-bond donors (Lipinski definition) is 2. The van der Waals surface area contributed by atoms with Gasteiger partial charge in [-0.3, -0.25) is 4.79 Å². The number of unbranched alkanes of at least 4 members (excludes halogenated alkanes) is 2. The maximum Gasteiger partial charge on any atom is 0.251 e. The summed E-state index contributed by atoms with van der Waals surface area (Å²) in [5.41, 5.74) is 1.32. The molecule has 0 spiro atoms. The predicted molar refractivity (Wildman–Crippen MR) is 78.5 cm³/mol. The molecule has 0 atom stereocenters. The molecule has 0 aliphatic rings. The number of hydrogen-bond acceptors (Lipinski definition) is 3. The average molecular weight is 275 g/mol. The molecule has 0 heterocycles. The third kappa shape index (κ3) is 6.37. The normalized spacial score (nSPS) is 9.70. The summed E-state index contributed by atoms with van der Waals surface area (Å²) in [7, 11) is 1.69. The fraction of sp³-hybridized carbons (Fsp3) is 0.438. The van der Waals surface area contributed by atoms with Gasteiger partial charge in [0.25, 0.3) is 5.91 Å². The van der Waals surface area contributed by atoms with Crippen LogP contribution >= 0.6 is 0 Å². The van der Waals surface area contributed by atoms with Gasteiger partial charge in [-0.15, -0.1) is 0 Å². The third-order valence-corrected chi connectivity index (χ3v) is 2.75. The van der Waals surface area contributed by atoms with Crippen LogP contribution in [-0.4, -0.2) is 37.9 Å². The number of methoxy groups -OCH3 is 1. The standard InChI is InChI=1S/C16H21NO3/c1-20-12-4-2-3-10-17-16(19)15-9-5-7-14(13-15)8-6-11-18/h5,7,9,13,18H,2-4,10-12H2,1H3,(H,17,19). The van der Waals surface area contributed by atoms with Crippen LogP contribution in [0.2, 0.25) is 0 Å². The van der Waals surface area contributed by atoms with Crippen LogP contribution in [0.25, 0.3) is 0 Å². The predicted octanol–water partition coefficient (Wildman–Crippen LogP) is 1.58. The molecule has 0 saturated heterocycles. The maximum absolute atomic E-state index is 11.9. The Morgan fingerprint density at radius 3 is 2.95 bits per heavy atom. The molecule has 1 amide bonds. The molecule has 2 N–H and O–H groups in total. The lowest BCUT2D eigenvalue weighted by Crippen LogP contribution is -2.24. The van der Waals surface area contributed by atoms with Crippen molar-refractivity contribution in [2.75, 3.05) is 26.9 Å². The first-order valence-electron chi connectivity index (χ1n) is 6.75. The quantitative estimate of drug-likeness (QED) is 0.587. The average Bonchev–Trinajstić information content (AvgIpc) is 2.48. The zero-order chi connectivity index (χ0) is 14.6. The molecule has 0 saturated carbocycles. The van der Waals surface area contributed by atoms with E-state index in [1.165, 1.54) is 0 Å². The van der Waals surface area contributed by atoms with Crippen molar-refractivity contribution in [2.45, 2.75) is 19.3 Å². The van der Waals surface area contributed by atoms with Crippen molar-refractivity contribution in [3.05, 3.63) is 35.4 Å². The zero-order valence-electron chi connectivity index (χ0n) is 11.8. The van der Waals surface area contributed by atoms with E-state index < -0.39 is 0 Å². The summed E-state index contributed by atoms with van der Waals surface area (Å²) in [5, 5.41) is 11.5. The van der Waals surface area contributed by atoms with Gasteiger partial charge in [-0.05, 0) is 37.5 Å². The van der Waals surface area contributed by atoms with E-state index in [0.29, 0.717) is 12.1 Å². The molecular weight excluding hydrogens is 254 g/mol. The van der Waals surface area contributed by atoms with Gasteiger partial charge in [0.1, 0.15) is 6.61 Å². The van der Waals surface area contributed by atoms with Crippen molar-refractivity contribution in [2.24, 2.45) is 0 Å². The van der Waals surface area contributed by atoms with E-state index in [9.17, 15) is 4.79 Å². The zero-order valence-corrected chi connectivity index (χ0v) is 11.8. The Morgan fingerprint density at radius 2 is 2.20 bits per heavy atom. The molecule has 0 aliphatic carbocycles. The summed E-state index contributed by atoms with van der Waals surface area (Å²) in [6.07, 6.45) is 2.99. The first kappa shape index (κ1) is 16.2.